The van der Waals surface area contributed by atoms with Crippen LogP contribution in [-0.4, -0.2) is 9.97 Å². The van der Waals surface area contributed by atoms with E-state index in [0.717, 1.165) is 17.2 Å². The molecule has 2 rings (SSSR count). The van der Waals surface area contributed by atoms with E-state index in [2.05, 4.69) is 4.98 Å². The third kappa shape index (κ3) is 3.01. The third-order valence-corrected chi connectivity index (χ3v) is 2.53. The fourth-order valence-electron chi connectivity index (χ4n) is 1.86. The first-order chi connectivity index (χ1) is 8.75. The zero-order valence-corrected chi connectivity index (χ0v) is 10.3. The molecule has 1 aromatic heterocycles. The number of H-pyrrole nitrogens is 1. The van der Waals surface area contributed by atoms with Gasteiger partial charge in [0.1, 0.15) is 0 Å². The van der Waals surface area contributed by atoms with Crippen LogP contribution in [-0.2, 0) is 6.18 Å². The maximum atomic E-state index is 12.6. The lowest BCUT2D eigenvalue weighted by Crippen LogP contribution is -2.18. The Bertz CT molecular complexity index is 654. The van der Waals surface area contributed by atoms with E-state index in [1.165, 1.54) is 0 Å². The van der Waals surface area contributed by atoms with Crippen molar-refractivity contribution in [3.8, 4) is 11.3 Å². The van der Waals surface area contributed by atoms with Gasteiger partial charge in [-0.1, -0.05) is 17.2 Å². The number of aryl methyl sites for hydroxylation is 2. The second-order valence-electron chi connectivity index (χ2n) is 4.35. The highest BCUT2D eigenvalue weighted by Gasteiger charge is 2.34. The van der Waals surface area contributed by atoms with E-state index < -0.39 is 17.6 Å². The summed E-state index contributed by atoms with van der Waals surface area (Å²) in [7, 11) is 0. The van der Waals surface area contributed by atoms with Crippen molar-refractivity contribution >= 4 is 0 Å². The van der Waals surface area contributed by atoms with Crippen LogP contribution >= 0.6 is 0 Å². The van der Waals surface area contributed by atoms with Crippen molar-refractivity contribution in [3.05, 3.63) is 51.6 Å². The Morgan fingerprint density at radius 2 is 1.63 bits per heavy atom. The number of halogens is 3. The van der Waals surface area contributed by atoms with Crippen LogP contribution < -0.4 is 5.56 Å². The molecule has 0 aliphatic rings. The Hall–Kier alpha value is -2.11. The van der Waals surface area contributed by atoms with Gasteiger partial charge in [0.05, 0.1) is 5.69 Å². The number of aromatic amines is 1. The average Bonchev–Trinajstić information content (AvgIpc) is 2.25. The molecule has 0 aliphatic carbocycles. The second kappa shape index (κ2) is 4.53. The van der Waals surface area contributed by atoms with Gasteiger partial charge in [-0.3, -0.25) is 4.79 Å². The molecule has 1 aromatic carbocycles. The molecule has 0 radical (unpaired) electrons. The van der Waals surface area contributed by atoms with Crippen molar-refractivity contribution in [2.45, 2.75) is 20.0 Å². The van der Waals surface area contributed by atoms with Crippen LogP contribution in [0.4, 0.5) is 13.2 Å². The average molecular weight is 268 g/mol. The van der Waals surface area contributed by atoms with Crippen molar-refractivity contribution < 1.29 is 13.2 Å². The van der Waals surface area contributed by atoms with Crippen molar-refractivity contribution in [2.24, 2.45) is 0 Å². The van der Waals surface area contributed by atoms with Crippen LogP contribution in [0.3, 0.4) is 0 Å². The van der Waals surface area contributed by atoms with Crippen LogP contribution in [0.25, 0.3) is 11.3 Å². The van der Waals surface area contributed by atoms with Gasteiger partial charge in [0.15, 0.2) is 0 Å². The Morgan fingerprint density at radius 3 is 2.16 bits per heavy atom. The molecule has 0 aliphatic heterocycles. The molecule has 2 aromatic rings. The van der Waals surface area contributed by atoms with Gasteiger partial charge in [-0.05, 0) is 26.0 Å². The van der Waals surface area contributed by atoms with E-state index in [-0.39, 0.29) is 5.69 Å². The van der Waals surface area contributed by atoms with Crippen LogP contribution in [0.2, 0.25) is 0 Å². The number of nitrogens with one attached hydrogen (secondary N) is 1. The first-order valence-corrected chi connectivity index (χ1v) is 5.53. The summed E-state index contributed by atoms with van der Waals surface area (Å²) in [5.41, 5.74) is 1.48. The zero-order chi connectivity index (χ0) is 14.2. The van der Waals surface area contributed by atoms with Gasteiger partial charge < -0.3 is 4.98 Å². The van der Waals surface area contributed by atoms with E-state index in [0.29, 0.717) is 5.56 Å². The molecule has 0 spiro atoms. The molecule has 1 N–H and O–H groups in total. The van der Waals surface area contributed by atoms with Crippen molar-refractivity contribution in [1.82, 2.24) is 9.97 Å². The minimum absolute atomic E-state index is 0.0166. The number of nitrogens with zero attached hydrogens (tertiary/aromatic N) is 1. The summed E-state index contributed by atoms with van der Waals surface area (Å²) in [6.07, 6.45) is -4.67. The summed E-state index contributed by atoms with van der Waals surface area (Å²) in [4.78, 5) is 16.5. The maximum absolute atomic E-state index is 12.6. The fourth-order valence-corrected chi connectivity index (χ4v) is 1.86. The molecule has 0 saturated heterocycles. The van der Waals surface area contributed by atoms with Gasteiger partial charge in [0, 0.05) is 11.6 Å². The number of rotatable bonds is 1. The summed E-state index contributed by atoms with van der Waals surface area (Å²) >= 11 is 0. The maximum Gasteiger partial charge on any atom is 0.449 e. The number of alkyl halides is 3. The monoisotopic (exact) mass is 268 g/mol. The molecular formula is C13H11F3N2O. The van der Waals surface area contributed by atoms with Gasteiger partial charge in [0.25, 0.3) is 5.56 Å². The van der Waals surface area contributed by atoms with E-state index in [1.807, 2.05) is 19.9 Å². The molecule has 1 heterocycles. The standard InChI is InChI=1S/C13H11F3N2O/c1-7-3-8(2)5-9(4-7)10-6-11(19)18-12(17-10)13(14,15)16/h3-6H,1-2H3,(H,17,18,19). The van der Waals surface area contributed by atoms with Gasteiger partial charge in [-0.15, -0.1) is 0 Å². The van der Waals surface area contributed by atoms with Crippen LogP contribution in [0.5, 0.6) is 0 Å². The Kier molecular flexibility index (Phi) is 3.18. The van der Waals surface area contributed by atoms with E-state index in [1.54, 1.807) is 17.1 Å². The Labute approximate surface area is 107 Å². The molecule has 19 heavy (non-hydrogen) atoms. The largest absolute Gasteiger partial charge is 0.449 e. The molecule has 0 saturated carbocycles. The Balaban J connectivity index is 2.63. The number of benzene rings is 1. The quantitative estimate of drug-likeness (QED) is 0.863. The fraction of sp³-hybridized carbons (Fsp3) is 0.231. The van der Waals surface area contributed by atoms with Gasteiger partial charge in [-0.25, -0.2) is 4.98 Å². The second-order valence-corrected chi connectivity index (χ2v) is 4.35. The van der Waals surface area contributed by atoms with E-state index in [4.69, 9.17) is 0 Å². The normalized spacial score (nSPS) is 11.6. The predicted octanol–water partition coefficient (Wildman–Crippen LogP) is 3.07. The topological polar surface area (TPSA) is 45.8 Å². The van der Waals surface area contributed by atoms with Crippen molar-refractivity contribution in [1.29, 1.82) is 0 Å². The predicted molar refractivity (Wildman–Crippen MR) is 64.8 cm³/mol. The lowest BCUT2D eigenvalue weighted by Gasteiger charge is -2.08. The molecule has 0 bridgehead atoms. The molecule has 0 atom stereocenters. The highest BCUT2D eigenvalue weighted by Crippen LogP contribution is 2.27. The minimum atomic E-state index is -4.67. The smallest absolute Gasteiger partial charge is 0.303 e. The number of aromatic nitrogens is 2. The van der Waals surface area contributed by atoms with E-state index in [9.17, 15) is 18.0 Å². The first-order valence-electron chi connectivity index (χ1n) is 5.53. The van der Waals surface area contributed by atoms with Crippen LogP contribution in [0, 0.1) is 13.8 Å². The van der Waals surface area contributed by atoms with Gasteiger partial charge in [0.2, 0.25) is 5.82 Å². The van der Waals surface area contributed by atoms with Gasteiger partial charge >= 0.3 is 6.18 Å². The molecule has 3 nitrogen and oxygen atoms in total. The summed E-state index contributed by atoms with van der Waals surface area (Å²) in [5.74, 6) is -1.28. The summed E-state index contributed by atoms with van der Waals surface area (Å²) in [6.45, 7) is 3.66. The SMILES string of the molecule is Cc1cc(C)cc(-c2cc(=O)[nH]c(C(F)(F)F)n2)c1. The highest BCUT2D eigenvalue weighted by atomic mass is 19.4. The van der Waals surface area contributed by atoms with Crippen LogP contribution in [0.15, 0.2) is 29.1 Å². The lowest BCUT2D eigenvalue weighted by atomic mass is 10.0. The van der Waals surface area contributed by atoms with Crippen molar-refractivity contribution in [2.75, 3.05) is 0 Å². The Morgan fingerprint density at radius 1 is 1.05 bits per heavy atom. The van der Waals surface area contributed by atoms with Crippen molar-refractivity contribution in [3.63, 3.8) is 0 Å². The highest BCUT2D eigenvalue weighted by molar-refractivity contribution is 5.60. The molecule has 0 unspecified atom stereocenters. The molecule has 6 heteroatoms. The number of hydrogen-bond acceptors (Lipinski definition) is 2. The molecule has 0 fully saturated rings. The molecule has 0 amide bonds. The summed E-state index contributed by atoms with van der Waals surface area (Å²) in [6, 6.07) is 6.33. The lowest BCUT2D eigenvalue weighted by molar-refractivity contribution is -0.145. The summed E-state index contributed by atoms with van der Waals surface area (Å²) in [5, 5.41) is 0. The first kappa shape index (κ1) is 13.3. The summed E-state index contributed by atoms with van der Waals surface area (Å²) < 4.78 is 37.8. The third-order valence-electron chi connectivity index (χ3n) is 2.53. The zero-order valence-electron chi connectivity index (χ0n) is 10.3. The minimum Gasteiger partial charge on any atom is -0.303 e. The molecule has 100 valence electrons. The van der Waals surface area contributed by atoms with E-state index >= 15 is 0 Å². The van der Waals surface area contributed by atoms with Gasteiger partial charge in [-0.2, -0.15) is 13.2 Å². The van der Waals surface area contributed by atoms with Crippen LogP contribution in [0.1, 0.15) is 17.0 Å². The number of hydrogen-bond donors (Lipinski definition) is 1. The molecular weight excluding hydrogens is 257 g/mol.